The van der Waals surface area contributed by atoms with Gasteiger partial charge in [0.05, 0.1) is 53.7 Å². The fourth-order valence-electron chi connectivity index (χ4n) is 6.80. The molecule has 0 aromatic carbocycles. The van der Waals surface area contributed by atoms with E-state index < -0.39 is 88.4 Å². The number of aromatic nitrogens is 6. The van der Waals surface area contributed by atoms with E-state index in [0.717, 1.165) is 40.3 Å². The number of hydrogen-bond donors (Lipinski definition) is 10. The lowest BCUT2D eigenvalue weighted by molar-refractivity contribution is -0.124. The standard InChI is InChI=1S/C50H47N15O13S3/c1-10-28-48-65-36(26(9)78-48)45(75)52-14-34-58-31(16-79-34)42(72)57-24(7)49-62-32(17-80-49)43(73)55-22(5)40(70)56-23(6)47-61-30(15-77-47)37-27(50-63-33(18-81-50)44(74)64-35(25(8)67)46(76)60-28)11-12-29(59-37)41(71)54-21(4)39(69)53-20(3)38(68)51-13-19(2)66/h10-12,15-18,24-25,35,67H,3-6,13-14H2,1-2,7-9H3,(H,51,68)(H,52,75)(H,53,69)(H,54,71)(H,55,73)(H,56,70)(H,57,72)(H,60,76)(H,64,74)/b28-10-/t24-,25+,35-/m0/s1. The number of ketones is 1. The Morgan fingerprint density at radius 1 is 0.765 bits per heavy atom. The molecule has 1 aliphatic heterocycles. The van der Waals surface area contributed by atoms with Crippen molar-refractivity contribution in [2.75, 3.05) is 6.54 Å². The molecule has 1 aliphatic rings. The lowest BCUT2D eigenvalue weighted by Gasteiger charge is -2.20. The first-order chi connectivity index (χ1) is 38.4. The van der Waals surface area contributed by atoms with Crippen LogP contribution in [-0.4, -0.2) is 113 Å². The topological polar surface area (TPSA) is 403 Å². The number of carbonyl (C=O) groups excluding carboxylic acids is 10. The average Bonchev–Trinajstić information content (AvgIpc) is 4.37. The van der Waals surface area contributed by atoms with Crippen molar-refractivity contribution in [1.29, 1.82) is 0 Å². The molecule has 0 saturated carbocycles. The number of pyridine rings is 1. The Kier molecular flexibility index (Phi) is 18.3. The number of fused-ring (bicyclic) bond motifs is 13. The molecule has 0 fully saturated rings. The molecule has 7 rings (SSSR count). The zero-order chi connectivity index (χ0) is 59.0. The number of oxazole rings is 2. The Balaban J connectivity index is 1.19. The summed E-state index contributed by atoms with van der Waals surface area (Å²) in [5, 5.41) is 37.7. The van der Waals surface area contributed by atoms with Crippen LogP contribution in [0.2, 0.25) is 0 Å². The molecule has 6 aromatic heterocycles. The predicted octanol–water partition coefficient (Wildman–Crippen LogP) is 2.07. The summed E-state index contributed by atoms with van der Waals surface area (Å²) in [5.74, 6) is -8.56. The van der Waals surface area contributed by atoms with Gasteiger partial charge in [-0.3, -0.25) is 47.9 Å². The third kappa shape index (κ3) is 14.2. The molecule has 28 nitrogen and oxygen atoms in total. The molecule has 0 spiro atoms. The van der Waals surface area contributed by atoms with E-state index in [0.29, 0.717) is 10.0 Å². The van der Waals surface area contributed by atoms with Crippen LogP contribution < -0.4 is 47.9 Å². The molecule has 6 aromatic rings. The molecule has 7 heterocycles. The number of allylic oxidation sites excluding steroid dienone is 1. The number of nitrogens with zero attached hydrogens (tertiary/aromatic N) is 6. The van der Waals surface area contributed by atoms with Crippen molar-refractivity contribution in [2.24, 2.45) is 0 Å². The van der Waals surface area contributed by atoms with Gasteiger partial charge in [-0.1, -0.05) is 32.4 Å². The van der Waals surface area contributed by atoms with Crippen LogP contribution in [0.5, 0.6) is 0 Å². The van der Waals surface area contributed by atoms with E-state index in [-0.39, 0.29) is 98.2 Å². The third-order valence-corrected chi connectivity index (χ3v) is 13.7. The van der Waals surface area contributed by atoms with Crippen molar-refractivity contribution < 1.29 is 61.9 Å². The van der Waals surface area contributed by atoms with E-state index in [2.05, 4.69) is 104 Å². The van der Waals surface area contributed by atoms with E-state index in [1.165, 1.54) is 62.0 Å². The van der Waals surface area contributed by atoms with Crippen molar-refractivity contribution in [1.82, 2.24) is 77.8 Å². The summed E-state index contributed by atoms with van der Waals surface area (Å²) in [5.41, 5.74) is -2.62. The van der Waals surface area contributed by atoms with Gasteiger partial charge in [0.2, 0.25) is 17.7 Å². The minimum absolute atomic E-state index is 0.0256. The van der Waals surface area contributed by atoms with E-state index in [1.54, 1.807) is 6.92 Å². The van der Waals surface area contributed by atoms with Crippen LogP contribution in [0, 0.1) is 6.92 Å². The number of aliphatic hydroxyl groups is 1. The fourth-order valence-corrected chi connectivity index (χ4v) is 9.15. The summed E-state index contributed by atoms with van der Waals surface area (Å²) in [6, 6.07) is 0.275. The first-order valence-electron chi connectivity index (χ1n) is 23.6. The van der Waals surface area contributed by atoms with Crippen molar-refractivity contribution in [3.63, 3.8) is 0 Å². The number of carbonyl (C=O) groups is 10. The van der Waals surface area contributed by atoms with Gasteiger partial charge in [0, 0.05) is 21.7 Å². The van der Waals surface area contributed by atoms with Gasteiger partial charge >= 0.3 is 0 Å². The second kappa shape index (κ2) is 25.2. The monoisotopic (exact) mass is 1160 g/mol. The van der Waals surface area contributed by atoms with Crippen LogP contribution in [0.15, 0.2) is 92.9 Å². The molecule has 10 bridgehead atoms. The number of hydrogen-bond acceptors (Lipinski definition) is 22. The Labute approximate surface area is 469 Å². The quantitative estimate of drug-likeness (QED) is 0.0975. The maximum atomic E-state index is 13.8. The van der Waals surface area contributed by atoms with E-state index in [9.17, 15) is 53.1 Å². The molecule has 0 unspecified atom stereocenters. The number of amides is 9. The Hall–Kier alpha value is -9.98. The Bertz CT molecular complexity index is 3680. The smallest absolute Gasteiger partial charge is 0.275 e. The highest BCUT2D eigenvalue weighted by Crippen LogP contribution is 2.34. The van der Waals surface area contributed by atoms with Gasteiger partial charge in [-0.05, 0) is 46.8 Å². The van der Waals surface area contributed by atoms with Crippen LogP contribution in [-0.2, 0) is 30.5 Å². The van der Waals surface area contributed by atoms with Crippen molar-refractivity contribution in [3.8, 4) is 22.0 Å². The number of aryl methyl sites for hydroxylation is 1. The van der Waals surface area contributed by atoms with Crippen LogP contribution in [0.1, 0.15) is 114 Å². The first kappa shape index (κ1) is 58.7. The summed E-state index contributed by atoms with van der Waals surface area (Å²) < 4.78 is 11.4. The number of aliphatic hydroxyl groups excluding tert-OH is 1. The molecule has 9 amide bonds. The van der Waals surface area contributed by atoms with Gasteiger partial charge in [0.25, 0.3) is 47.3 Å². The molecule has 81 heavy (non-hydrogen) atoms. The predicted molar refractivity (Wildman–Crippen MR) is 289 cm³/mol. The van der Waals surface area contributed by atoms with Crippen molar-refractivity contribution in [2.45, 2.75) is 59.4 Å². The zero-order valence-electron chi connectivity index (χ0n) is 43.3. The first-order valence-corrected chi connectivity index (χ1v) is 26.2. The van der Waals surface area contributed by atoms with Gasteiger partial charge < -0.3 is 61.8 Å². The van der Waals surface area contributed by atoms with Crippen LogP contribution in [0.3, 0.4) is 0 Å². The number of thiazole rings is 3. The Morgan fingerprint density at radius 3 is 2.15 bits per heavy atom. The van der Waals surface area contributed by atoms with Gasteiger partial charge in [-0.2, -0.15) is 0 Å². The SMILES string of the molecule is C=C(NC(=O)C(=C)NC(=O)c1ccc2c(n1)-c1coc(n1)C(=C)NC(=O)C(=C)NC(=O)c1csc(n1)[C@H](C)NC(=O)c1csc(n1)CNC(=O)c1nc(oc1C)/C(=C/C)NC(=O)[C@H]([C@@H](C)O)NC(=O)c1csc-2n1)C(=O)NCC(C)=O. The van der Waals surface area contributed by atoms with Crippen LogP contribution >= 0.6 is 34.0 Å². The van der Waals surface area contributed by atoms with Crippen LogP contribution in [0.4, 0.5) is 0 Å². The lowest BCUT2D eigenvalue weighted by atomic mass is 10.1. The molecule has 10 N–H and O–H groups in total. The molecule has 0 aliphatic carbocycles. The van der Waals surface area contributed by atoms with Gasteiger partial charge in [0.15, 0.2) is 5.69 Å². The zero-order valence-corrected chi connectivity index (χ0v) is 45.7. The second-order valence-electron chi connectivity index (χ2n) is 17.2. The highest BCUT2D eigenvalue weighted by Gasteiger charge is 2.31. The second-order valence-corrected chi connectivity index (χ2v) is 19.9. The van der Waals surface area contributed by atoms with E-state index in [1.807, 2.05) is 0 Å². The number of rotatable bonds is 8. The molecule has 0 saturated heterocycles. The maximum absolute atomic E-state index is 13.8. The third-order valence-electron chi connectivity index (χ3n) is 11.0. The maximum Gasteiger partial charge on any atom is 0.275 e. The highest BCUT2D eigenvalue weighted by molar-refractivity contribution is 7.13. The average molecular weight is 1160 g/mol. The molecule has 31 heteroatoms. The van der Waals surface area contributed by atoms with Gasteiger partial charge in [-0.25, -0.2) is 29.9 Å². The number of nitrogens with one attached hydrogen (secondary N) is 9. The molecule has 0 radical (unpaired) electrons. The summed E-state index contributed by atoms with van der Waals surface area (Å²) in [7, 11) is 0. The number of Topliss-reactive ketones (excluding diaryl/α,β-unsaturated/α-hetero) is 1. The molecule has 418 valence electrons. The molecular formula is C50H47N15O13S3. The van der Waals surface area contributed by atoms with Gasteiger partial charge in [-0.15, -0.1) is 34.0 Å². The van der Waals surface area contributed by atoms with Crippen LogP contribution in [0.25, 0.3) is 33.4 Å². The minimum Gasteiger partial charge on any atom is -0.443 e. The normalized spacial score (nSPS) is 16.6. The van der Waals surface area contributed by atoms with Crippen molar-refractivity contribution >= 4 is 104 Å². The summed E-state index contributed by atoms with van der Waals surface area (Å²) in [4.78, 5) is 157. The minimum atomic E-state index is -1.61. The molecule has 3 atom stereocenters. The molecular weight excluding hydrogens is 1110 g/mol. The largest absolute Gasteiger partial charge is 0.443 e. The fraction of sp³-hybridized carbons (Fsp3) is 0.200. The summed E-state index contributed by atoms with van der Waals surface area (Å²) >= 11 is 3.06. The lowest BCUT2D eigenvalue weighted by Crippen LogP contribution is -2.52. The summed E-state index contributed by atoms with van der Waals surface area (Å²) in [6.45, 7) is 21.1. The van der Waals surface area contributed by atoms with E-state index in [4.69, 9.17) is 8.83 Å². The Morgan fingerprint density at radius 2 is 1.43 bits per heavy atom. The van der Waals surface area contributed by atoms with Gasteiger partial charge in [0.1, 0.15) is 73.0 Å². The summed E-state index contributed by atoms with van der Waals surface area (Å²) in [6.07, 6.45) is 1.00. The van der Waals surface area contributed by atoms with E-state index >= 15 is 0 Å². The highest BCUT2D eigenvalue weighted by atomic mass is 32.1. The van der Waals surface area contributed by atoms with Crippen molar-refractivity contribution in [3.05, 3.63) is 140 Å².